The largest absolute Gasteiger partial charge is 0.483 e. The van der Waals surface area contributed by atoms with E-state index in [2.05, 4.69) is 21.6 Å². The van der Waals surface area contributed by atoms with Crippen LogP contribution in [0.4, 0.5) is 24.8 Å². The maximum absolute atomic E-state index is 13.6. The van der Waals surface area contributed by atoms with Gasteiger partial charge in [-0.15, -0.1) is 5.10 Å². The molecule has 1 amide bonds. The fraction of sp³-hybridized carbons (Fsp3) is 0.355. The van der Waals surface area contributed by atoms with E-state index in [0.29, 0.717) is 47.1 Å². The lowest BCUT2D eigenvalue weighted by Crippen LogP contribution is -2.41. The van der Waals surface area contributed by atoms with E-state index in [-0.39, 0.29) is 35.3 Å². The highest BCUT2D eigenvalue weighted by molar-refractivity contribution is 5.93. The van der Waals surface area contributed by atoms with Gasteiger partial charge in [0.1, 0.15) is 12.6 Å². The fourth-order valence-corrected chi connectivity index (χ4v) is 5.49. The zero-order chi connectivity index (χ0) is 35.1. The van der Waals surface area contributed by atoms with E-state index in [1.54, 1.807) is 32.2 Å². The van der Waals surface area contributed by atoms with Crippen molar-refractivity contribution in [1.82, 2.24) is 20.1 Å². The second-order valence-corrected chi connectivity index (χ2v) is 11.2. The van der Waals surface area contributed by atoms with Gasteiger partial charge in [-0.3, -0.25) is 14.5 Å². The van der Waals surface area contributed by atoms with E-state index in [4.69, 9.17) is 14.6 Å². The predicted octanol–water partition coefficient (Wildman–Crippen LogP) is 3.45. The monoisotopic (exact) mass is 658 g/mol. The summed E-state index contributed by atoms with van der Waals surface area (Å²) in [5.74, 6) is -0.906. The van der Waals surface area contributed by atoms with Gasteiger partial charge >= 0.3 is 17.8 Å². The van der Waals surface area contributed by atoms with Gasteiger partial charge in [0, 0.05) is 36.8 Å². The van der Waals surface area contributed by atoms with Crippen LogP contribution in [0.25, 0.3) is 0 Å². The number of nitrogens with zero attached hydrogens (tertiary/aromatic N) is 5. The van der Waals surface area contributed by atoms with E-state index in [1.807, 2.05) is 14.1 Å². The van der Waals surface area contributed by atoms with Crippen molar-refractivity contribution >= 4 is 30.0 Å². The summed E-state index contributed by atoms with van der Waals surface area (Å²) in [6.07, 6.45) is -3.71. The Bertz CT molecular complexity index is 1770. The van der Waals surface area contributed by atoms with Crippen molar-refractivity contribution in [3.63, 3.8) is 0 Å². The van der Waals surface area contributed by atoms with Crippen LogP contribution in [0.2, 0.25) is 0 Å². The van der Waals surface area contributed by atoms with Crippen LogP contribution >= 0.6 is 0 Å². The zero-order valence-electron chi connectivity index (χ0n) is 26.4. The topological polar surface area (TPSA) is 170 Å². The molecule has 13 nitrogen and oxygen atoms in total. The molecule has 250 valence electrons. The van der Waals surface area contributed by atoms with Crippen molar-refractivity contribution in [2.45, 2.75) is 38.5 Å². The highest BCUT2D eigenvalue weighted by Gasteiger charge is 2.41. The van der Waals surface area contributed by atoms with Crippen LogP contribution < -0.4 is 15.9 Å². The first-order valence-electron chi connectivity index (χ1n) is 14.2. The maximum Gasteiger partial charge on any atom is 0.416 e. The summed E-state index contributed by atoms with van der Waals surface area (Å²) in [6, 6.07) is 10.4. The van der Waals surface area contributed by atoms with Crippen LogP contribution in [0.1, 0.15) is 48.1 Å². The molecule has 1 aromatic heterocycles. The summed E-state index contributed by atoms with van der Waals surface area (Å²) in [4.78, 5) is 48.2. The molecule has 1 atom stereocenters. The second kappa shape index (κ2) is 14.8. The Morgan fingerprint density at radius 2 is 1.91 bits per heavy atom. The summed E-state index contributed by atoms with van der Waals surface area (Å²) in [6.45, 7) is 2.26. The van der Waals surface area contributed by atoms with Crippen LogP contribution in [0.15, 0.2) is 58.5 Å². The normalized spacial score (nSPS) is 14.4. The molecule has 0 saturated heterocycles. The number of anilines is 2. The minimum atomic E-state index is -4.63. The number of H-pyrrole nitrogens is 1. The van der Waals surface area contributed by atoms with Crippen molar-refractivity contribution in [2.75, 3.05) is 39.7 Å². The van der Waals surface area contributed by atoms with Gasteiger partial charge < -0.3 is 19.6 Å². The van der Waals surface area contributed by atoms with Gasteiger partial charge in [-0.2, -0.15) is 18.4 Å². The minimum Gasteiger partial charge on any atom is -0.483 e. The molecule has 0 fully saturated rings. The molecule has 0 spiro atoms. The fourth-order valence-electron chi connectivity index (χ4n) is 5.49. The number of nitriles is 1. The van der Waals surface area contributed by atoms with E-state index < -0.39 is 29.4 Å². The number of allylic oxidation sites excluding steroid dienone is 1. The van der Waals surface area contributed by atoms with E-state index in [1.165, 1.54) is 28.7 Å². The molecule has 0 aliphatic carbocycles. The average Bonchev–Trinajstić information content (AvgIpc) is 3.40. The third kappa shape index (κ3) is 8.05. The van der Waals surface area contributed by atoms with Crippen molar-refractivity contribution in [3.8, 4) is 6.07 Å². The molecule has 0 unspecified atom stereocenters. The Morgan fingerprint density at radius 1 is 1.23 bits per heavy atom. The van der Waals surface area contributed by atoms with Gasteiger partial charge in [0.05, 0.1) is 50.5 Å². The minimum absolute atomic E-state index is 0.0109. The van der Waals surface area contributed by atoms with Gasteiger partial charge in [-0.1, -0.05) is 12.1 Å². The van der Waals surface area contributed by atoms with Crippen LogP contribution in [0.3, 0.4) is 0 Å². The van der Waals surface area contributed by atoms with Crippen molar-refractivity contribution in [3.05, 3.63) is 86.5 Å². The Labute approximate surface area is 268 Å². The van der Waals surface area contributed by atoms with Crippen LogP contribution in [0.5, 0.6) is 0 Å². The number of hydrogen-bond acceptors (Lipinski definition) is 8. The zero-order valence-corrected chi connectivity index (χ0v) is 26.4. The molecule has 47 heavy (non-hydrogen) atoms. The summed E-state index contributed by atoms with van der Waals surface area (Å²) >= 11 is 0. The van der Waals surface area contributed by atoms with Gasteiger partial charge in [0.2, 0.25) is 11.9 Å². The molecule has 1 aliphatic rings. The van der Waals surface area contributed by atoms with Crippen LogP contribution in [-0.2, 0) is 31.8 Å². The number of benzene rings is 2. The first kappa shape index (κ1) is 36.0. The number of nitrogens with one attached hydrogen (secondary N) is 2. The van der Waals surface area contributed by atoms with Crippen molar-refractivity contribution < 1.29 is 41.9 Å². The molecule has 0 bridgehead atoms. The standard InChI is InChI=1S/C30H32F3N7O4.CH2O2/c1-18-25(27(42)44-5)26(23-12-11-19(16-34)14-20(23)17-40(3,4)13-7-10-24(41)35-2)39-28(36-37-29(39)43)38(18)22-9-6-8-21(15-22)30(31,32)33;2-1-3/h6,8-9,11-12,14-15,26H,7,10,13,17H2,1-5H3,(H-,35,37,41,43);1H,(H,2,3)/p+1/t26-;/m1./s1. The highest BCUT2D eigenvalue weighted by atomic mass is 19.4. The van der Waals surface area contributed by atoms with Crippen LogP contribution in [-0.4, -0.2) is 77.5 Å². The summed E-state index contributed by atoms with van der Waals surface area (Å²) in [5.41, 5.74) is 0.154. The molecule has 1 aliphatic heterocycles. The Morgan fingerprint density at radius 3 is 2.51 bits per heavy atom. The third-order valence-corrected chi connectivity index (χ3v) is 7.59. The van der Waals surface area contributed by atoms with Gasteiger partial charge in [0.15, 0.2) is 0 Å². The Hall–Kier alpha value is -5.43. The van der Waals surface area contributed by atoms with E-state index in [0.717, 1.165) is 12.1 Å². The quantitative estimate of drug-likeness (QED) is 0.177. The number of fused-ring (bicyclic) bond motifs is 1. The van der Waals surface area contributed by atoms with E-state index in [9.17, 15) is 32.8 Å². The number of esters is 1. The molecular weight excluding hydrogens is 623 g/mol. The number of aromatic nitrogens is 3. The SMILES string of the molecule is CNC(=O)CCC[N+](C)(C)Cc1cc(C#N)ccc1[C@@H]1C(C(=O)OC)=C(C)N(c2cccc(C(F)(F)F)c2)c2n[nH]c(=O)n21.O=CO. The number of methoxy groups -OCH3 is 1. The lowest BCUT2D eigenvalue weighted by Gasteiger charge is -2.37. The number of ether oxygens (including phenoxy) is 1. The number of amides is 1. The van der Waals surface area contributed by atoms with Gasteiger partial charge in [-0.05, 0) is 42.8 Å². The summed E-state index contributed by atoms with van der Waals surface area (Å²) in [7, 11) is 6.66. The maximum atomic E-state index is 13.6. The summed E-state index contributed by atoms with van der Waals surface area (Å²) in [5, 5.41) is 25.7. The number of carbonyl (C=O) groups excluding carboxylic acids is 2. The number of halogens is 3. The van der Waals surface area contributed by atoms with Crippen molar-refractivity contribution in [2.24, 2.45) is 0 Å². The molecule has 16 heteroatoms. The summed E-state index contributed by atoms with van der Waals surface area (Å²) < 4.78 is 47.6. The lowest BCUT2D eigenvalue weighted by atomic mass is 9.89. The van der Waals surface area contributed by atoms with Gasteiger partial charge in [-0.25, -0.2) is 19.3 Å². The highest BCUT2D eigenvalue weighted by Crippen LogP contribution is 2.43. The molecule has 0 radical (unpaired) electrons. The van der Waals surface area contributed by atoms with Gasteiger partial charge in [0.25, 0.3) is 6.47 Å². The molecule has 2 aromatic carbocycles. The first-order valence-corrected chi connectivity index (χ1v) is 14.2. The number of carboxylic acid groups (broad SMARTS) is 1. The Balaban J connectivity index is 0.00000192. The number of aromatic amines is 1. The third-order valence-electron chi connectivity index (χ3n) is 7.59. The molecular formula is C31H35F3N7O6+. The molecule has 4 rings (SSSR count). The molecule has 2 heterocycles. The van der Waals surface area contributed by atoms with Crippen molar-refractivity contribution in [1.29, 1.82) is 5.26 Å². The number of rotatable bonds is 9. The predicted molar refractivity (Wildman–Crippen MR) is 163 cm³/mol. The lowest BCUT2D eigenvalue weighted by molar-refractivity contribution is -0.903. The molecule has 3 aromatic rings. The number of alkyl halides is 3. The number of hydrogen-bond donors (Lipinski definition) is 3. The molecule has 3 N–H and O–H groups in total. The number of quaternary nitrogens is 1. The second-order valence-electron chi connectivity index (χ2n) is 11.2. The van der Waals surface area contributed by atoms with Crippen LogP contribution in [0, 0.1) is 11.3 Å². The smallest absolute Gasteiger partial charge is 0.416 e. The van der Waals surface area contributed by atoms with E-state index >= 15 is 0 Å². The average molecular weight is 659 g/mol. The Kier molecular flexibility index (Phi) is 11.3. The number of carbonyl (C=O) groups is 3. The first-order chi connectivity index (χ1) is 22.1. The molecule has 0 saturated carbocycles.